The topological polar surface area (TPSA) is 69.6 Å². The number of halogens is 1. The summed E-state index contributed by atoms with van der Waals surface area (Å²) < 4.78 is 15.0. The van der Waals surface area contributed by atoms with Crippen LogP contribution in [0.15, 0.2) is 53.9 Å². The fourth-order valence-electron chi connectivity index (χ4n) is 1.83. The summed E-state index contributed by atoms with van der Waals surface area (Å²) >= 11 is 1.33. The van der Waals surface area contributed by atoms with Crippen molar-refractivity contribution in [2.75, 3.05) is 5.84 Å². The average Bonchev–Trinajstić information content (AvgIpc) is 2.88. The monoisotopic (exact) mass is 301 g/mol. The van der Waals surface area contributed by atoms with Crippen LogP contribution in [0, 0.1) is 5.82 Å². The molecule has 0 aliphatic heterocycles. The SMILES string of the molecule is Nn1c(SCc2ccccc2F)nnc1-c1cccnc1. The van der Waals surface area contributed by atoms with E-state index < -0.39 is 0 Å². The number of rotatable bonds is 4. The van der Waals surface area contributed by atoms with Crippen LogP contribution in [0.2, 0.25) is 0 Å². The number of hydrogen-bond donors (Lipinski definition) is 1. The summed E-state index contributed by atoms with van der Waals surface area (Å²) in [5, 5.41) is 8.62. The van der Waals surface area contributed by atoms with Crippen LogP contribution < -0.4 is 5.84 Å². The molecule has 0 spiro atoms. The normalized spacial score (nSPS) is 10.7. The van der Waals surface area contributed by atoms with Gasteiger partial charge in [-0.2, -0.15) is 0 Å². The van der Waals surface area contributed by atoms with Gasteiger partial charge in [0.25, 0.3) is 0 Å². The Bertz CT molecular complexity index is 744. The first-order valence-electron chi connectivity index (χ1n) is 6.23. The molecule has 0 bridgehead atoms. The van der Waals surface area contributed by atoms with Crippen molar-refractivity contribution in [2.24, 2.45) is 0 Å². The maximum Gasteiger partial charge on any atom is 0.210 e. The van der Waals surface area contributed by atoms with E-state index in [4.69, 9.17) is 5.84 Å². The molecule has 0 saturated carbocycles. The molecule has 0 aliphatic carbocycles. The van der Waals surface area contributed by atoms with E-state index in [1.807, 2.05) is 6.07 Å². The first-order valence-corrected chi connectivity index (χ1v) is 7.21. The van der Waals surface area contributed by atoms with Gasteiger partial charge in [0.05, 0.1) is 0 Å². The van der Waals surface area contributed by atoms with Gasteiger partial charge in [-0.1, -0.05) is 30.0 Å². The Kier molecular flexibility index (Phi) is 3.83. The van der Waals surface area contributed by atoms with Gasteiger partial charge in [0.1, 0.15) is 5.82 Å². The lowest BCUT2D eigenvalue weighted by Gasteiger charge is -2.04. The molecule has 0 unspecified atom stereocenters. The van der Waals surface area contributed by atoms with Crippen molar-refractivity contribution in [3.63, 3.8) is 0 Å². The molecule has 0 fully saturated rings. The number of aromatic nitrogens is 4. The predicted octanol–water partition coefficient (Wildman–Crippen LogP) is 2.49. The fraction of sp³-hybridized carbons (Fsp3) is 0.0714. The summed E-state index contributed by atoms with van der Waals surface area (Å²) in [6, 6.07) is 10.3. The lowest BCUT2D eigenvalue weighted by atomic mass is 10.2. The Morgan fingerprint density at radius 2 is 2.00 bits per heavy atom. The number of thioether (sulfide) groups is 1. The second-order valence-corrected chi connectivity index (χ2v) is 5.24. The van der Waals surface area contributed by atoms with Gasteiger partial charge < -0.3 is 5.84 Å². The van der Waals surface area contributed by atoms with Gasteiger partial charge in [-0.3, -0.25) is 4.98 Å². The molecular formula is C14H12FN5S. The number of benzene rings is 1. The van der Waals surface area contributed by atoms with E-state index in [1.54, 1.807) is 36.7 Å². The summed E-state index contributed by atoms with van der Waals surface area (Å²) in [5.74, 6) is 6.72. The highest BCUT2D eigenvalue weighted by Crippen LogP contribution is 2.24. The number of nitrogens with two attached hydrogens (primary N) is 1. The Balaban J connectivity index is 1.79. The highest BCUT2D eigenvalue weighted by Gasteiger charge is 2.13. The molecule has 1 aromatic carbocycles. The van der Waals surface area contributed by atoms with Gasteiger partial charge in [0, 0.05) is 23.7 Å². The van der Waals surface area contributed by atoms with Crippen LogP contribution >= 0.6 is 11.8 Å². The Hall–Kier alpha value is -2.41. The summed E-state index contributed by atoms with van der Waals surface area (Å²) in [4.78, 5) is 4.02. The summed E-state index contributed by atoms with van der Waals surface area (Å²) in [6.07, 6.45) is 3.34. The van der Waals surface area contributed by atoms with Gasteiger partial charge in [-0.25, -0.2) is 9.07 Å². The largest absolute Gasteiger partial charge is 0.335 e. The first kappa shape index (κ1) is 13.6. The zero-order valence-electron chi connectivity index (χ0n) is 11.0. The van der Waals surface area contributed by atoms with E-state index >= 15 is 0 Å². The van der Waals surface area contributed by atoms with Crippen molar-refractivity contribution in [2.45, 2.75) is 10.9 Å². The second kappa shape index (κ2) is 5.92. The molecule has 0 atom stereocenters. The molecule has 0 saturated heterocycles. The minimum Gasteiger partial charge on any atom is -0.335 e. The van der Waals surface area contributed by atoms with Crippen LogP contribution in [0.25, 0.3) is 11.4 Å². The maximum absolute atomic E-state index is 13.6. The second-order valence-electron chi connectivity index (χ2n) is 4.30. The molecule has 21 heavy (non-hydrogen) atoms. The van der Waals surface area contributed by atoms with E-state index in [0.717, 1.165) is 5.56 Å². The van der Waals surface area contributed by atoms with Gasteiger partial charge in [0.15, 0.2) is 5.82 Å². The Labute approximate surface area is 125 Å². The Morgan fingerprint density at radius 3 is 2.76 bits per heavy atom. The third kappa shape index (κ3) is 2.87. The quantitative estimate of drug-likeness (QED) is 0.592. The van der Waals surface area contributed by atoms with Crippen molar-refractivity contribution >= 4 is 11.8 Å². The third-order valence-electron chi connectivity index (χ3n) is 2.90. The number of nitrogen functional groups attached to an aromatic ring is 1. The molecule has 0 amide bonds. The molecule has 2 heterocycles. The average molecular weight is 301 g/mol. The zero-order valence-corrected chi connectivity index (χ0v) is 11.8. The summed E-state index contributed by atoms with van der Waals surface area (Å²) in [7, 11) is 0. The van der Waals surface area contributed by atoms with Crippen LogP contribution in [-0.4, -0.2) is 19.9 Å². The van der Waals surface area contributed by atoms with E-state index in [2.05, 4.69) is 15.2 Å². The molecular weight excluding hydrogens is 289 g/mol. The van der Waals surface area contributed by atoms with E-state index in [0.29, 0.717) is 22.3 Å². The summed E-state index contributed by atoms with van der Waals surface area (Å²) in [5.41, 5.74) is 1.39. The number of pyridine rings is 1. The van der Waals surface area contributed by atoms with E-state index in [9.17, 15) is 4.39 Å². The van der Waals surface area contributed by atoms with Crippen LogP contribution in [-0.2, 0) is 5.75 Å². The van der Waals surface area contributed by atoms with Crippen molar-refractivity contribution in [3.05, 3.63) is 60.2 Å². The lowest BCUT2D eigenvalue weighted by molar-refractivity contribution is 0.617. The molecule has 106 valence electrons. The molecule has 0 radical (unpaired) electrons. The lowest BCUT2D eigenvalue weighted by Crippen LogP contribution is -2.11. The van der Waals surface area contributed by atoms with Crippen LogP contribution in [0.3, 0.4) is 0 Å². The molecule has 7 heteroatoms. The highest BCUT2D eigenvalue weighted by atomic mass is 32.2. The van der Waals surface area contributed by atoms with E-state index in [-0.39, 0.29) is 5.82 Å². The molecule has 0 aliphatic rings. The molecule has 2 N–H and O–H groups in total. The molecule has 2 aromatic heterocycles. The van der Waals surface area contributed by atoms with Crippen molar-refractivity contribution in [3.8, 4) is 11.4 Å². The van der Waals surface area contributed by atoms with Gasteiger partial charge in [-0.15, -0.1) is 10.2 Å². The van der Waals surface area contributed by atoms with Gasteiger partial charge in [-0.05, 0) is 23.8 Å². The first-order chi connectivity index (χ1) is 10.3. The molecule has 3 rings (SSSR count). The van der Waals surface area contributed by atoms with Crippen molar-refractivity contribution in [1.82, 2.24) is 19.9 Å². The number of hydrogen-bond acceptors (Lipinski definition) is 5. The van der Waals surface area contributed by atoms with Crippen molar-refractivity contribution in [1.29, 1.82) is 0 Å². The van der Waals surface area contributed by atoms with Crippen molar-refractivity contribution < 1.29 is 4.39 Å². The number of nitrogens with zero attached hydrogens (tertiary/aromatic N) is 4. The van der Waals surface area contributed by atoms with Crippen LogP contribution in [0.1, 0.15) is 5.56 Å². The summed E-state index contributed by atoms with van der Waals surface area (Å²) in [6.45, 7) is 0. The van der Waals surface area contributed by atoms with Crippen LogP contribution in [0.5, 0.6) is 0 Å². The third-order valence-corrected chi connectivity index (χ3v) is 3.89. The van der Waals surface area contributed by atoms with Gasteiger partial charge in [0.2, 0.25) is 5.16 Å². The minimum absolute atomic E-state index is 0.236. The molecule has 3 aromatic rings. The predicted molar refractivity (Wildman–Crippen MR) is 79.4 cm³/mol. The van der Waals surface area contributed by atoms with Gasteiger partial charge >= 0.3 is 0 Å². The smallest absolute Gasteiger partial charge is 0.210 e. The van der Waals surface area contributed by atoms with Crippen LogP contribution in [0.4, 0.5) is 4.39 Å². The highest BCUT2D eigenvalue weighted by molar-refractivity contribution is 7.98. The zero-order chi connectivity index (χ0) is 14.7. The minimum atomic E-state index is -0.236. The standard InChI is InChI=1S/C14H12FN5S/c15-12-6-2-1-4-11(12)9-21-14-19-18-13(20(14)16)10-5-3-7-17-8-10/h1-8H,9,16H2. The fourth-order valence-corrected chi connectivity index (χ4v) is 2.67. The van der Waals surface area contributed by atoms with E-state index in [1.165, 1.54) is 22.5 Å². The molecule has 5 nitrogen and oxygen atoms in total. The maximum atomic E-state index is 13.6. The Morgan fingerprint density at radius 1 is 1.14 bits per heavy atom.